The van der Waals surface area contributed by atoms with Gasteiger partial charge >= 0.3 is 5.97 Å². The molecule has 26 heavy (non-hydrogen) atoms. The molecule has 0 radical (unpaired) electrons. The lowest BCUT2D eigenvalue weighted by molar-refractivity contribution is -0.264. The van der Waals surface area contributed by atoms with Crippen LogP contribution in [0.1, 0.15) is 51.9 Å². The standard InChI is InChI=1S/C22H32O4/c1-2-3-4-5-6-7-8-9-10-11-12-13-15-18-21(26-25)19-16-14-17-20-22(23)24/h3-4,6-7,9-10,12-16,18,21,25H,2,5,8,11,17,19-20H2,1H3,(H,23,24)/b4-3-,7-6-,10-9-,13-12-,16-14-,18-15+/t21-/m1/s1. The van der Waals surface area contributed by atoms with Gasteiger partial charge in [0.05, 0.1) is 0 Å². The van der Waals surface area contributed by atoms with Crippen molar-refractivity contribution in [1.82, 2.24) is 0 Å². The molecule has 1 atom stereocenters. The molecule has 0 saturated carbocycles. The molecule has 0 aromatic carbocycles. The summed E-state index contributed by atoms with van der Waals surface area (Å²) in [5.41, 5.74) is 0. The summed E-state index contributed by atoms with van der Waals surface area (Å²) >= 11 is 0. The van der Waals surface area contributed by atoms with Gasteiger partial charge < -0.3 is 5.11 Å². The first-order valence-electron chi connectivity index (χ1n) is 9.16. The van der Waals surface area contributed by atoms with Gasteiger partial charge in [-0.25, -0.2) is 4.89 Å². The highest BCUT2D eigenvalue weighted by Crippen LogP contribution is 2.03. The van der Waals surface area contributed by atoms with Crippen molar-refractivity contribution in [2.24, 2.45) is 0 Å². The molecule has 0 aromatic rings. The maximum atomic E-state index is 10.4. The van der Waals surface area contributed by atoms with E-state index in [4.69, 9.17) is 10.4 Å². The molecule has 0 heterocycles. The molecule has 0 amide bonds. The van der Waals surface area contributed by atoms with E-state index < -0.39 is 12.1 Å². The molecular weight excluding hydrogens is 328 g/mol. The summed E-state index contributed by atoms with van der Waals surface area (Å²) in [6, 6.07) is 0. The lowest BCUT2D eigenvalue weighted by Gasteiger charge is -2.04. The number of hydrogen-bond donors (Lipinski definition) is 2. The summed E-state index contributed by atoms with van der Waals surface area (Å²) < 4.78 is 0. The Hall–Kier alpha value is -2.17. The van der Waals surface area contributed by atoms with Gasteiger partial charge in [0, 0.05) is 6.42 Å². The Labute approximate surface area is 157 Å². The summed E-state index contributed by atoms with van der Waals surface area (Å²) in [4.78, 5) is 14.7. The maximum Gasteiger partial charge on any atom is 0.303 e. The van der Waals surface area contributed by atoms with Gasteiger partial charge in [-0.2, -0.15) is 0 Å². The zero-order valence-corrected chi connectivity index (χ0v) is 15.7. The van der Waals surface area contributed by atoms with Crippen molar-refractivity contribution in [1.29, 1.82) is 0 Å². The highest BCUT2D eigenvalue weighted by atomic mass is 17.1. The monoisotopic (exact) mass is 360 g/mol. The van der Waals surface area contributed by atoms with Crippen LogP contribution in [0.25, 0.3) is 0 Å². The van der Waals surface area contributed by atoms with E-state index in [2.05, 4.69) is 48.3 Å². The van der Waals surface area contributed by atoms with E-state index in [9.17, 15) is 4.79 Å². The third kappa shape index (κ3) is 18.2. The Balaban J connectivity index is 3.87. The minimum atomic E-state index is -0.816. The predicted molar refractivity (Wildman–Crippen MR) is 108 cm³/mol. The number of carboxylic acids is 1. The Morgan fingerprint density at radius 1 is 0.885 bits per heavy atom. The van der Waals surface area contributed by atoms with Crippen LogP contribution in [0.5, 0.6) is 0 Å². The largest absolute Gasteiger partial charge is 0.481 e. The minimum absolute atomic E-state index is 0.110. The number of aliphatic carboxylic acids is 1. The second-order valence-corrected chi connectivity index (χ2v) is 5.63. The van der Waals surface area contributed by atoms with Gasteiger partial charge in [-0.05, 0) is 38.5 Å². The normalized spacial score (nSPS) is 14.2. The first-order chi connectivity index (χ1) is 12.7. The first kappa shape index (κ1) is 23.8. The number of allylic oxidation sites excluding steroid dienone is 10. The summed E-state index contributed by atoms with van der Waals surface area (Å²) in [7, 11) is 0. The van der Waals surface area contributed by atoms with Gasteiger partial charge in [-0.3, -0.25) is 10.1 Å². The smallest absolute Gasteiger partial charge is 0.303 e. The highest BCUT2D eigenvalue weighted by Gasteiger charge is 2.00. The summed E-state index contributed by atoms with van der Waals surface area (Å²) in [6.45, 7) is 2.13. The molecular formula is C22H32O4. The third-order valence-electron chi connectivity index (χ3n) is 3.32. The van der Waals surface area contributed by atoms with Crippen LogP contribution in [0, 0.1) is 0 Å². The van der Waals surface area contributed by atoms with E-state index in [1.165, 1.54) is 0 Å². The summed E-state index contributed by atoms with van der Waals surface area (Å²) in [6.07, 6.45) is 28.6. The van der Waals surface area contributed by atoms with E-state index in [-0.39, 0.29) is 6.42 Å². The zero-order chi connectivity index (χ0) is 19.3. The molecule has 0 fully saturated rings. The van der Waals surface area contributed by atoms with Crippen LogP contribution in [-0.2, 0) is 9.68 Å². The Bertz CT molecular complexity index is 510. The van der Waals surface area contributed by atoms with E-state index in [0.29, 0.717) is 12.8 Å². The third-order valence-corrected chi connectivity index (χ3v) is 3.32. The van der Waals surface area contributed by atoms with Gasteiger partial charge in [0.2, 0.25) is 0 Å². The van der Waals surface area contributed by atoms with Crippen molar-refractivity contribution < 1.29 is 20.0 Å². The van der Waals surface area contributed by atoms with E-state index >= 15 is 0 Å². The van der Waals surface area contributed by atoms with Gasteiger partial charge in [0.25, 0.3) is 0 Å². The number of carboxylic acid groups (broad SMARTS) is 1. The molecule has 4 nitrogen and oxygen atoms in total. The van der Waals surface area contributed by atoms with Crippen molar-refractivity contribution >= 4 is 5.97 Å². The second-order valence-electron chi connectivity index (χ2n) is 5.63. The molecule has 144 valence electrons. The van der Waals surface area contributed by atoms with Gasteiger partial charge in [0.1, 0.15) is 6.10 Å². The average Bonchev–Trinajstić information content (AvgIpc) is 2.63. The van der Waals surface area contributed by atoms with Crippen molar-refractivity contribution in [3.63, 3.8) is 0 Å². The van der Waals surface area contributed by atoms with Gasteiger partial charge in [0.15, 0.2) is 0 Å². The molecule has 0 unspecified atom stereocenters. The molecule has 0 rings (SSSR count). The molecule has 0 aliphatic heterocycles. The minimum Gasteiger partial charge on any atom is -0.481 e. The lowest BCUT2D eigenvalue weighted by Crippen LogP contribution is -2.05. The van der Waals surface area contributed by atoms with Crippen molar-refractivity contribution in [3.05, 3.63) is 72.9 Å². The van der Waals surface area contributed by atoms with Crippen LogP contribution in [0.4, 0.5) is 0 Å². The summed E-state index contributed by atoms with van der Waals surface area (Å²) in [5, 5.41) is 17.4. The van der Waals surface area contributed by atoms with Crippen molar-refractivity contribution in [2.45, 2.75) is 58.0 Å². The molecule has 0 saturated heterocycles. The molecule has 0 spiro atoms. The van der Waals surface area contributed by atoms with Crippen LogP contribution in [0.2, 0.25) is 0 Å². The maximum absolute atomic E-state index is 10.4. The SMILES string of the molecule is CC/C=C\C/C=C\C/C=C\C/C=C\C=C\[C@H](C/C=C\CCC(=O)O)OO. The number of hydrogen-bond acceptors (Lipinski definition) is 3. The average molecular weight is 360 g/mol. The molecule has 0 bridgehead atoms. The zero-order valence-electron chi connectivity index (χ0n) is 15.7. The highest BCUT2D eigenvalue weighted by molar-refractivity contribution is 5.66. The van der Waals surface area contributed by atoms with Gasteiger partial charge in [-0.15, -0.1) is 0 Å². The van der Waals surface area contributed by atoms with Crippen LogP contribution in [0.15, 0.2) is 72.9 Å². The Morgan fingerprint density at radius 3 is 2.08 bits per heavy atom. The Morgan fingerprint density at radius 2 is 1.50 bits per heavy atom. The van der Waals surface area contributed by atoms with Crippen LogP contribution in [0.3, 0.4) is 0 Å². The van der Waals surface area contributed by atoms with Crippen LogP contribution < -0.4 is 0 Å². The molecule has 0 aromatic heterocycles. The Kier molecular flexibility index (Phi) is 17.6. The van der Waals surface area contributed by atoms with Crippen LogP contribution in [-0.4, -0.2) is 22.4 Å². The van der Waals surface area contributed by atoms with Crippen molar-refractivity contribution in [3.8, 4) is 0 Å². The van der Waals surface area contributed by atoms with E-state index in [0.717, 1.165) is 25.7 Å². The van der Waals surface area contributed by atoms with Crippen LogP contribution >= 0.6 is 0 Å². The fourth-order valence-electron chi connectivity index (χ4n) is 1.94. The topological polar surface area (TPSA) is 66.8 Å². The second kappa shape index (κ2) is 19.2. The first-order valence-corrected chi connectivity index (χ1v) is 9.16. The predicted octanol–water partition coefficient (Wildman–Crippen LogP) is 6.02. The summed E-state index contributed by atoms with van der Waals surface area (Å²) in [5.74, 6) is -0.816. The molecule has 0 aliphatic carbocycles. The van der Waals surface area contributed by atoms with E-state index in [1.54, 1.807) is 12.2 Å². The fraction of sp³-hybridized carbons (Fsp3) is 0.409. The van der Waals surface area contributed by atoms with Gasteiger partial charge in [-0.1, -0.05) is 79.8 Å². The number of carbonyl (C=O) groups is 1. The van der Waals surface area contributed by atoms with E-state index in [1.807, 2.05) is 24.3 Å². The molecule has 4 heteroatoms. The molecule has 0 aliphatic rings. The molecule has 2 N–H and O–H groups in total. The number of rotatable bonds is 15. The lowest BCUT2D eigenvalue weighted by atomic mass is 10.2. The van der Waals surface area contributed by atoms with Crippen molar-refractivity contribution in [2.75, 3.05) is 0 Å². The fourth-order valence-corrected chi connectivity index (χ4v) is 1.94. The quantitative estimate of drug-likeness (QED) is 0.162.